The molecular weight excluding hydrogens is 316 g/mol. The van der Waals surface area contributed by atoms with Gasteiger partial charge in [-0.15, -0.1) is 0 Å². The van der Waals surface area contributed by atoms with E-state index in [0.717, 1.165) is 51.6 Å². The molecular formula is C19H36N4O2. The standard InChI is InChI=1S/C19H36N4O2/c1-4-20-19(21-11-7-13-25-17-8-5-6-9-17)22-16-10-12-23(14-16)18(24)15(2)3/h15-17H,4-14H2,1-3H3,(H2,20,21,22). The van der Waals surface area contributed by atoms with Crippen LogP contribution >= 0.6 is 0 Å². The third-order valence-electron chi connectivity index (χ3n) is 4.91. The maximum Gasteiger partial charge on any atom is 0.225 e. The first-order chi connectivity index (χ1) is 12.1. The van der Waals surface area contributed by atoms with Gasteiger partial charge in [0.05, 0.1) is 6.10 Å². The van der Waals surface area contributed by atoms with Crippen molar-refractivity contribution in [3.8, 4) is 0 Å². The zero-order chi connectivity index (χ0) is 18.1. The summed E-state index contributed by atoms with van der Waals surface area (Å²) in [6.07, 6.45) is 7.49. The highest BCUT2D eigenvalue weighted by atomic mass is 16.5. The summed E-state index contributed by atoms with van der Waals surface area (Å²) in [6, 6.07) is 0.287. The molecule has 1 aliphatic carbocycles. The number of guanidine groups is 1. The van der Waals surface area contributed by atoms with Gasteiger partial charge in [-0.3, -0.25) is 9.79 Å². The van der Waals surface area contributed by atoms with E-state index in [2.05, 4.69) is 22.5 Å². The molecule has 1 atom stereocenters. The zero-order valence-corrected chi connectivity index (χ0v) is 16.2. The van der Waals surface area contributed by atoms with Crippen molar-refractivity contribution in [3.05, 3.63) is 0 Å². The van der Waals surface area contributed by atoms with E-state index in [1.165, 1.54) is 25.7 Å². The Kier molecular flexibility index (Phi) is 8.52. The molecule has 2 N–H and O–H groups in total. The van der Waals surface area contributed by atoms with Gasteiger partial charge in [0.15, 0.2) is 5.96 Å². The number of hydrogen-bond acceptors (Lipinski definition) is 3. The van der Waals surface area contributed by atoms with Gasteiger partial charge < -0.3 is 20.3 Å². The molecule has 0 spiro atoms. The van der Waals surface area contributed by atoms with Gasteiger partial charge in [-0.2, -0.15) is 0 Å². The molecule has 2 fully saturated rings. The lowest BCUT2D eigenvalue weighted by molar-refractivity contribution is -0.133. The maximum absolute atomic E-state index is 12.1. The Morgan fingerprint density at radius 2 is 2.04 bits per heavy atom. The second-order valence-corrected chi connectivity index (χ2v) is 7.46. The van der Waals surface area contributed by atoms with E-state index >= 15 is 0 Å². The predicted octanol–water partition coefficient (Wildman–Crippen LogP) is 2.15. The number of likely N-dealkylation sites (tertiary alicyclic amines) is 1. The van der Waals surface area contributed by atoms with Crippen LogP contribution in [0.15, 0.2) is 4.99 Å². The van der Waals surface area contributed by atoms with E-state index in [4.69, 9.17) is 4.74 Å². The molecule has 2 rings (SSSR count). The van der Waals surface area contributed by atoms with Crippen LogP contribution in [-0.2, 0) is 9.53 Å². The number of nitrogens with one attached hydrogen (secondary N) is 2. The van der Waals surface area contributed by atoms with E-state index in [-0.39, 0.29) is 17.9 Å². The summed E-state index contributed by atoms with van der Waals surface area (Å²) in [7, 11) is 0. The van der Waals surface area contributed by atoms with Crippen molar-refractivity contribution in [3.63, 3.8) is 0 Å². The van der Waals surface area contributed by atoms with Crippen LogP contribution in [-0.4, -0.2) is 61.7 Å². The molecule has 0 bridgehead atoms. The Labute approximate surface area is 152 Å². The fourth-order valence-corrected chi connectivity index (χ4v) is 3.52. The van der Waals surface area contributed by atoms with Crippen molar-refractivity contribution >= 4 is 11.9 Å². The van der Waals surface area contributed by atoms with Gasteiger partial charge in [-0.1, -0.05) is 26.7 Å². The normalized spacial score (nSPS) is 22.0. The highest BCUT2D eigenvalue weighted by Crippen LogP contribution is 2.20. The molecule has 144 valence electrons. The van der Waals surface area contributed by atoms with Crippen LogP contribution in [0, 0.1) is 5.92 Å². The molecule has 6 heteroatoms. The Bertz CT molecular complexity index is 433. The minimum absolute atomic E-state index is 0.0699. The number of nitrogens with zero attached hydrogens (tertiary/aromatic N) is 2. The molecule has 2 aliphatic rings. The van der Waals surface area contributed by atoms with E-state index in [9.17, 15) is 4.79 Å². The number of ether oxygens (including phenoxy) is 1. The van der Waals surface area contributed by atoms with E-state index in [1.54, 1.807) is 0 Å². The smallest absolute Gasteiger partial charge is 0.225 e. The molecule has 1 saturated carbocycles. The second-order valence-electron chi connectivity index (χ2n) is 7.46. The zero-order valence-electron chi connectivity index (χ0n) is 16.2. The van der Waals surface area contributed by atoms with E-state index < -0.39 is 0 Å². The molecule has 1 unspecified atom stereocenters. The minimum Gasteiger partial charge on any atom is -0.378 e. The van der Waals surface area contributed by atoms with Crippen LogP contribution in [0.25, 0.3) is 0 Å². The highest BCUT2D eigenvalue weighted by molar-refractivity contribution is 5.81. The molecule has 6 nitrogen and oxygen atoms in total. The largest absolute Gasteiger partial charge is 0.378 e. The van der Waals surface area contributed by atoms with Gasteiger partial charge in [0.1, 0.15) is 0 Å². The lowest BCUT2D eigenvalue weighted by Crippen LogP contribution is -2.45. The first kappa shape index (κ1) is 20.0. The van der Waals surface area contributed by atoms with E-state index in [1.807, 2.05) is 18.7 Å². The van der Waals surface area contributed by atoms with Gasteiger partial charge in [0.25, 0.3) is 0 Å². The second kappa shape index (κ2) is 10.6. The number of carbonyl (C=O) groups is 1. The summed E-state index contributed by atoms with van der Waals surface area (Å²) in [5, 5.41) is 6.78. The molecule has 25 heavy (non-hydrogen) atoms. The maximum atomic E-state index is 12.1. The summed E-state index contributed by atoms with van der Waals surface area (Å²) < 4.78 is 5.89. The van der Waals surface area contributed by atoms with Gasteiger partial charge in [0, 0.05) is 44.7 Å². The number of amides is 1. The van der Waals surface area contributed by atoms with Crippen molar-refractivity contribution in [1.29, 1.82) is 0 Å². The number of hydrogen-bond donors (Lipinski definition) is 2. The molecule has 0 aromatic carbocycles. The Morgan fingerprint density at radius 1 is 1.28 bits per heavy atom. The number of carbonyl (C=O) groups excluding carboxylic acids is 1. The lowest BCUT2D eigenvalue weighted by Gasteiger charge is -2.20. The minimum atomic E-state index is 0.0699. The van der Waals surface area contributed by atoms with E-state index in [0.29, 0.717) is 6.10 Å². The van der Waals surface area contributed by atoms with Crippen LogP contribution in [0.5, 0.6) is 0 Å². The summed E-state index contributed by atoms with van der Waals surface area (Å²) in [5.41, 5.74) is 0. The van der Waals surface area contributed by atoms with Crippen molar-refractivity contribution < 1.29 is 9.53 Å². The molecule has 0 aromatic rings. The predicted molar refractivity (Wildman–Crippen MR) is 102 cm³/mol. The first-order valence-corrected chi connectivity index (χ1v) is 10.1. The summed E-state index contributed by atoms with van der Waals surface area (Å²) in [6.45, 7) is 10.0. The highest BCUT2D eigenvalue weighted by Gasteiger charge is 2.27. The van der Waals surface area contributed by atoms with Crippen molar-refractivity contribution in [2.45, 2.75) is 71.4 Å². The number of aliphatic imine (C=N–C) groups is 1. The SMILES string of the molecule is CCNC(=NCCCOC1CCCC1)NC1CCN(C(=O)C(C)C)C1. The average Bonchev–Trinajstić information content (AvgIpc) is 3.25. The van der Waals surface area contributed by atoms with Crippen LogP contribution in [0.2, 0.25) is 0 Å². The van der Waals surface area contributed by atoms with Gasteiger partial charge in [0.2, 0.25) is 5.91 Å². The molecule has 0 aromatic heterocycles. The molecule has 0 radical (unpaired) electrons. The summed E-state index contributed by atoms with van der Waals surface area (Å²) >= 11 is 0. The summed E-state index contributed by atoms with van der Waals surface area (Å²) in [4.78, 5) is 18.7. The third-order valence-corrected chi connectivity index (χ3v) is 4.91. The third kappa shape index (κ3) is 6.84. The molecule has 1 aliphatic heterocycles. The van der Waals surface area contributed by atoms with Gasteiger partial charge in [-0.05, 0) is 32.6 Å². The fourth-order valence-electron chi connectivity index (χ4n) is 3.52. The van der Waals surface area contributed by atoms with Crippen LogP contribution in [0.4, 0.5) is 0 Å². The van der Waals surface area contributed by atoms with Crippen LogP contribution in [0.1, 0.15) is 59.3 Å². The topological polar surface area (TPSA) is 66.0 Å². The fraction of sp³-hybridized carbons (Fsp3) is 0.895. The van der Waals surface area contributed by atoms with Crippen molar-refractivity contribution in [2.75, 3.05) is 32.8 Å². The molecule has 1 amide bonds. The van der Waals surface area contributed by atoms with Crippen molar-refractivity contribution in [2.24, 2.45) is 10.9 Å². The molecule has 1 heterocycles. The van der Waals surface area contributed by atoms with Gasteiger partial charge in [-0.25, -0.2) is 0 Å². The first-order valence-electron chi connectivity index (χ1n) is 10.1. The Morgan fingerprint density at radius 3 is 2.72 bits per heavy atom. The monoisotopic (exact) mass is 352 g/mol. The summed E-state index contributed by atoms with van der Waals surface area (Å²) in [5.74, 6) is 1.17. The number of rotatable bonds is 8. The van der Waals surface area contributed by atoms with Crippen LogP contribution < -0.4 is 10.6 Å². The quantitative estimate of drug-likeness (QED) is 0.399. The molecule has 1 saturated heterocycles. The lowest BCUT2D eigenvalue weighted by atomic mass is 10.2. The Hall–Kier alpha value is -1.30. The average molecular weight is 353 g/mol. The van der Waals surface area contributed by atoms with Crippen molar-refractivity contribution in [1.82, 2.24) is 15.5 Å². The van der Waals surface area contributed by atoms with Crippen LogP contribution in [0.3, 0.4) is 0 Å². The van der Waals surface area contributed by atoms with Gasteiger partial charge >= 0.3 is 0 Å². The Balaban J connectivity index is 1.69.